The quantitative estimate of drug-likeness (QED) is 0.831. The van der Waals surface area contributed by atoms with Crippen molar-refractivity contribution in [2.75, 3.05) is 0 Å². The van der Waals surface area contributed by atoms with Crippen molar-refractivity contribution in [2.24, 2.45) is 11.7 Å². The lowest BCUT2D eigenvalue weighted by Gasteiger charge is -2.20. The molecule has 0 radical (unpaired) electrons. The lowest BCUT2D eigenvalue weighted by Crippen LogP contribution is -2.46. The zero-order chi connectivity index (χ0) is 12.3. The van der Waals surface area contributed by atoms with Gasteiger partial charge in [-0.1, -0.05) is 37.7 Å². The van der Waals surface area contributed by atoms with Crippen LogP contribution < -0.4 is 11.1 Å². The zero-order valence-corrected chi connectivity index (χ0v) is 11.4. The minimum absolute atomic E-state index is 0.164. The number of thiocarbonyl (C=S) groups is 1. The lowest BCUT2D eigenvalue weighted by molar-refractivity contribution is 0.0944. The number of hydrogen-bond acceptors (Lipinski definition) is 3. The minimum Gasteiger partial charge on any atom is -0.392 e. The standard InChI is InChI=1S/C10H13ClN2OS2/c1-5(2)8(9(12)15)13-10(14)6-3-4-7(11)16-6/h3-5,8H,1-2H3,(H2,12,15)(H,13,14). The molecule has 16 heavy (non-hydrogen) atoms. The van der Waals surface area contributed by atoms with Gasteiger partial charge in [-0.15, -0.1) is 11.3 Å². The summed E-state index contributed by atoms with van der Waals surface area (Å²) in [4.78, 5) is 12.7. The van der Waals surface area contributed by atoms with Crippen LogP contribution in [0.4, 0.5) is 0 Å². The average molecular weight is 277 g/mol. The van der Waals surface area contributed by atoms with Gasteiger partial charge in [0.05, 0.1) is 20.2 Å². The van der Waals surface area contributed by atoms with Crippen molar-refractivity contribution in [1.82, 2.24) is 5.32 Å². The van der Waals surface area contributed by atoms with Crippen molar-refractivity contribution >= 4 is 46.1 Å². The second-order valence-electron chi connectivity index (χ2n) is 3.70. The highest BCUT2D eigenvalue weighted by atomic mass is 35.5. The van der Waals surface area contributed by atoms with Crippen LogP contribution in [0.2, 0.25) is 4.34 Å². The predicted octanol–water partition coefficient (Wildman–Crippen LogP) is 2.44. The topological polar surface area (TPSA) is 55.1 Å². The van der Waals surface area contributed by atoms with Crippen LogP contribution in [0.3, 0.4) is 0 Å². The van der Waals surface area contributed by atoms with E-state index >= 15 is 0 Å². The van der Waals surface area contributed by atoms with E-state index < -0.39 is 0 Å². The molecule has 1 amide bonds. The van der Waals surface area contributed by atoms with E-state index in [0.717, 1.165) is 0 Å². The average Bonchev–Trinajstić information content (AvgIpc) is 2.59. The van der Waals surface area contributed by atoms with Crippen LogP contribution in [-0.4, -0.2) is 16.9 Å². The molecule has 1 atom stereocenters. The summed E-state index contributed by atoms with van der Waals surface area (Å²) < 4.78 is 0.585. The first kappa shape index (κ1) is 13.4. The summed E-state index contributed by atoms with van der Waals surface area (Å²) in [6.07, 6.45) is 0. The molecule has 0 aromatic carbocycles. The van der Waals surface area contributed by atoms with Gasteiger partial charge in [0.25, 0.3) is 5.91 Å². The Balaban J connectivity index is 2.73. The van der Waals surface area contributed by atoms with Gasteiger partial charge < -0.3 is 11.1 Å². The number of carbonyl (C=O) groups excluding carboxylic acids is 1. The van der Waals surface area contributed by atoms with E-state index in [0.29, 0.717) is 14.2 Å². The normalized spacial score (nSPS) is 12.5. The van der Waals surface area contributed by atoms with Crippen LogP contribution in [0.1, 0.15) is 23.5 Å². The monoisotopic (exact) mass is 276 g/mol. The fraction of sp³-hybridized carbons (Fsp3) is 0.400. The van der Waals surface area contributed by atoms with Crippen LogP contribution in [0.15, 0.2) is 12.1 Å². The number of amides is 1. The molecule has 1 rings (SSSR count). The highest BCUT2D eigenvalue weighted by molar-refractivity contribution is 7.80. The maximum absolute atomic E-state index is 11.8. The van der Waals surface area contributed by atoms with Crippen molar-refractivity contribution in [3.05, 3.63) is 21.3 Å². The number of halogens is 1. The molecule has 1 aromatic rings. The minimum atomic E-state index is -0.289. The van der Waals surface area contributed by atoms with Gasteiger partial charge in [-0.25, -0.2) is 0 Å². The molecule has 1 heterocycles. The largest absolute Gasteiger partial charge is 0.392 e. The number of nitrogens with one attached hydrogen (secondary N) is 1. The summed E-state index contributed by atoms with van der Waals surface area (Å²) in [5, 5.41) is 2.79. The van der Waals surface area contributed by atoms with Gasteiger partial charge in [0.2, 0.25) is 0 Å². The molecule has 88 valence electrons. The molecule has 0 fully saturated rings. The lowest BCUT2D eigenvalue weighted by atomic mass is 10.0. The van der Waals surface area contributed by atoms with Gasteiger partial charge in [-0.2, -0.15) is 0 Å². The third-order valence-electron chi connectivity index (χ3n) is 2.06. The zero-order valence-electron chi connectivity index (χ0n) is 8.99. The van der Waals surface area contributed by atoms with Crippen molar-refractivity contribution in [3.63, 3.8) is 0 Å². The Bertz CT molecular complexity index is 403. The summed E-state index contributed by atoms with van der Waals surface area (Å²) in [5.74, 6) is -0.0275. The Hall–Kier alpha value is -0.650. The molecule has 0 aliphatic rings. The van der Waals surface area contributed by atoms with Gasteiger partial charge in [-0.05, 0) is 18.1 Å². The van der Waals surface area contributed by atoms with E-state index in [1.54, 1.807) is 12.1 Å². The Labute approximate surface area is 109 Å². The van der Waals surface area contributed by atoms with Crippen molar-refractivity contribution in [2.45, 2.75) is 19.9 Å². The number of nitrogens with two attached hydrogens (primary N) is 1. The van der Waals surface area contributed by atoms with Crippen molar-refractivity contribution in [3.8, 4) is 0 Å². The van der Waals surface area contributed by atoms with Crippen LogP contribution in [0, 0.1) is 5.92 Å². The summed E-state index contributed by atoms with van der Waals surface area (Å²) in [6.45, 7) is 3.90. The van der Waals surface area contributed by atoms with E-state index in [-0.39, 0.29) is 17.9 Å². The second kappa shape index (κ2) is 5.61. The molecule has 0 aliphatic carbocycles. The molecular formula is C10H13ClN2OS2. The number of rotatable bonds is 4. The van der Waals surface area contributed by atoms with Gasteiger partial charge in [0.15, 0.2) is 0 Å². The number of carbonyl (C=O) groups is 1. The van der Waals surface area contributed by atoms with Crippen LogP contribution in [0.25, 0.3) is 0 Å². The van der Waals surface area contributed by atoms with Crippen molar-refractivity contribution < 1.29 is 4.79 Å². The number of hydrogen-bond donors (Lipinski definition) is 2. The smallest absolute Gasteiger partial charge is 0.261 e. The van der Waals surface area contributed by atoms with Gasteiger partial charge >= 0.3 is 0 Å². The fourth-order valence-electron chi connectivity index (χ4n) is 1.22. The van der Waals surface area contributed by atoms with E-state index in [9.17, 15) is 4.79 Å². The maximum Gasteiger partial charge on any atom is 0.261 e. The van der Waals surface area contributed by atoms with E-state index in [2.05, 4.69) is 5.32 Å². The van der Waals surface area contributed by atoms with Crippen LogP contribution in [-0.2, 0) is 0 Å². The molecule has 0 spiro atoms. The van der Waals surface area contributed by atoms with Gasteiger partial charge in [0.1, 0.15) is 0 Å². The van der Waals surface area contributed by atoms with E-state index in [4.69, 9.17) is 29.6 Å². The Morgan fingerprint density at radius 2 is 2.19 bits per heavy atom. The molecule has 0 saturated carbocycles. The highest BCUT2D eigenvalue weighted by Gasteiger charge is 2.20. The third kappa shape index (κ3) is 3.43. The molecule has 0 aliphatic heterocycles. The molecular weight excluding hydrogens is 264 g/mol. The Morgan fingerprint density at radius 1 is 1.56 bits per heavy atom. The summed E-state index contributed by atoms with van der Waals surface area (Å²) in [7, 11) is 0. The van der Waals surface area contributed by atoms with Gasteiger partial charge in [0, 0.05) is 0 Å². The molecule has 3 nitrogen and oxygen atoms in total. The van der Waals surface area contributed by atoms with E-state index in [1.807, 2.05) is 13.8 Å². The number of thiophene rings is 1. The van der Waals surface area contributed by atoms with Crippen molar-refractivity contribution in [1.29, 1.82) is 0 Å². The molecule has 3 N–H and O–H groups in total. The molecule has 0 saturated heterocycles. The fourth-order valence-corrected chi connectivity index (χ4v) is 2.49. The van der Waals surface area contributed by atoms with Crippen LogP contribution >= 0.6 is 35.2 Å². The Kier molecular flexibility index (Phi) is 4.70. The summed E-state index contributed by atoms with van der Waals surface area (Å²) >= 11 is 11.9. The molecule has 1 unspecified atom stereocenters. The second-order valence-corrected chi connectivity index (χ2v) is 5.89. The maximum atomic E-state index is 11.8. The molecule has 1 aromatic heterocycles. The molecule has 0 bridgehead atoms. The first-order valence-electron chi connectivity index (χ1n) is 4.77. The SMILES string of the molecule is CC(C)C(NC(=O)c1ccc(Cl)s1)C(N)=S. The first-order chi connectivity index (χ1) is 7.41. The highest BCUT2D eigenvalue weighted by Crippen LogP contribution is 2.21. The third-order valence-corrected chi connectivity index (χ3v) is 3.54. The van der Waals surface area contributed by atoms with E-state index in [1.165, 1.54) is 11.3 Å². The predicted molar refractivity (Wildman–Crippen MR) is 72.2 cm³/mol. The van der Waals surface area contributed by atoms with Crippen LogP contribution in [0.5, 0.6) is 0 Å². The first-order valence-corrected chi connectivity index (χ1v) is 6.37. The van der Waals surface area contributed by atoms with Gasteiger partial charge in [-0.3, -0.25) is 4.79 Å². The Morgan fingerprint density at radius 3 is 2.56 bits per heavy atom. The summed E-state index contributed by atoms with van der Waals surface area (Å²) in [6, 6.07) is 3.08. The summed E-state index contributed by atoms with van der Waals surface area (Å²) in [5.41, 5.74) is 5.56. The molecule has 6 heteroatoms.